The average Bonchev–Trinajstić information content (AvgIpc) is 3.22. The van der Waals surface area contributed by atoms with E-state index in [-0.39, 0.29) is 12.4 Å². The molecule has 1 heterocycles. The van der Waals surface area contributed by atoms with Gasteiger partial charge in [0.25, 0.3) is 0 Å². The first-order valence-electron chi connectivity index (χ1n) is 6.48. The lowest BCUT2D eigenvalue weighted by Gasteiger charge is -2.10. The second-order valence-corrected chi connectivity index (χ2v) is 4.85. The summed E-state index contributed by atoms with van der Waals surface area (Å²) < 4.78 is 4.70. The topological polar surface area (TPSA) is 51.2 Å². The number of carbonyl (C=O) groups excluding carboxylic acids is 1. The summed E-state index contributed by atoms with van der Waals surface area (Å²) in [7, 11) is 1.40. The van der Waals surface area contributed by atoms with Gasteiger partial charge in [0.15, 0.2) is 0 Å². The number of benzene rings is 1. The van der Waals surface area contributed by atoms with Gasteiger partial charge in [-0.25, -0.2) is 0 Å². The summed E-state index contributed by atoms with van der Waals surface area (Å²) in [6, 6.07) is 10.5. The van der Waals surface area contributed by atoms with Crippen molar-refractivity contribution in [3.63, 3.8) is 0 Å². The van der Waals surface area contributed by atoms with Crippen molar-refractivity contribution in [2.75, 3.05) is 12.4 Å². The maximum atomic E-state index is 11.4. The number of ether oxygens (including phenoxy) is 1. The van der Waals surface area contributed by atoms with Crippen LogP contribution in [0.2, 0.25) is 0 Å². The lowest BCUT2D eigenvalue weighted by atomic mass is 10.1. The van der Waals surface area contributed by atoms with Crippen LogP contribution in [0.4, 0.5) is 5.69 Å². The van der Waals surface area contributed by atoms with Crippen molar-refractivity contribution in [1.82, 2.24) is 4.98 Å². The van der Waals surface area contributed by atoms with Crippen LogP contribution in [-0.4, -0.2) is 24.1 Å². The lowest BCUT2D eigenvalue weighted by Crippen LogP contribution is -2.08. The van der Waals surface area contributed by atoms with Crippen LogP contribution in [0.25, 0.3) is 10.9 Å². The van der Waals surface area contributed by atoms with Crippen molar-refractivity contribution < 1.29 is 9.53 Å². The standard InChI is InChI=1S/C15H16N2O2/c1-19-15(18)9-11-8-14(16-10-6-7-10)12-4-2-3-5-13(12)17-11/h2-5,8,10H,6-7,9H2,1H3,(H,16,17). The number of aromatic nitrogens is 1. The van der Waals surface area contributed by atoms with Crippen LogP contribution in [0.15, 0.2) is 30.3 Å². The number of fused-ring (bicyclic) bond motifs is 1. The molecule has 4 nitrogen and oxygen atoms in total. The van der Waals surface area contributed by atoms with Crippen molar-refractivity contribution in [3.05, 3.63) is 36.0 Å². The second kappa shape index (κ2) is 4.88. The predicted molar refractivity (Wildman–Crippen MR) is 74.1 cm³/mol. The number of rotatable bonds is 4. The molecule has 0 saturated heterocycles. The number of nitrogens with one attached hydrogen (secondary N) is 1. The molecular formula is C15H16N2O2. The van der Waals surface area contributed by atoms with Gasteiger partial charge in [-0.1, -0.05) is 18.2 Å². The molecule has 0 radical (unpaired) electrons. The molecule has 0 spiro atoms. The van der Waals surface area contributed by atoms with E-state index in [1.54, 1.807) is 0 Å². The third-order valence-electron chi connectivity index (χ3n) is 3.26. The van der Waals surface area contributed by atoms with Gasteiger partial charge in [0.2, 0.25) is 0 Å². The summed E-state index contributed by atoms with van der Waals surface area (Å²) in [4.78, 5) is 15.9. The van der Waals surface area contributed by atoms with Crippen LogP contribution >= 0.6 is 0 Å². The van der Waals surface area contributed by atoms with Crippen LogP contribution in [0.5, 0.6) is 0 Å². The Morgan fingerprint density at radius 2 is 2.21 bits per heavy atom. The zero-order chi connectivity index (χ0) is 13.2. The zero-order valence-electron chi connectivity index (χ0n) is 10.8. The highest BCUT2D eigenvalue weighted by molar-refractivity contribution is 5.92. The van der Waals surface area contributed by atoms with E-state index in [0.29, 0.717) is 6.04 Å². The Bertz CT molecular complexity index is 621. The summed E-state index contributed by atoms with van der Waals surface area (Å²) in [5.41, 5.74) is 2.72. The molecule has 1 fully saturated rings. The number of hydrogen-bond donors (Lipinski definition) is 1. The maximum absolute atomic E-state index is 11.4. The summed E-state index contributed by atoms with van der Waals surface area (Å²) in [5.74, 6) is -0.264. The van der Waals surface area contributed by atoms with Crippen LogP contribution < -0.4 is 5.32 Å². The van der Waals surface area contributed by atoms with E-state index >= 15 is 0 Å². The Balaban J connectivity index is 2.01. The van der Waals surface area contributed by atoms with Gasteiger partial charge in [-0.3, -0.25) is 9.78 Å². The van der Waals surface area contributed by atoms with Gasteiger partial charge in [0.1, 0.15) is 0 Å². The van der Waals surface area contributed by atoms with Gasteiger partial charge in [0.05, 0.1) is 24.7 Å². The van der Waals surface area contributed by atoms with E-state index in [2.05, 4.69) is 16.4 Å². The molecule has 1 aromatic carbocycles. The Hall–Kier alpha value is -2.10. The number of hydrogen-bond acceptors (Lipinski definition) is 4. The normalized spacial score (nSPS) is 14.4. The highest BCUT2D eigenvalue weighted by Crippen LogP contribution is 2.29. The molecule has 0 aliphatic heterocycles. The third-order valence-corrected chi connectivity index (χ3v) is 3.26. The molecule has 1 saturated carbocycles. The first kappa shape index (κ1) is 12.0. The van der Waals surface area contributed by atoms with E-state index in [1.807, 2.05) is 24.3 Å². The van der Waals surface area contributed by atoms with Crippen molar-refractivity contribution in [1.29, 1.82) is 0 Å². The molecule has 0 atom stereocenters. The molecule has 1 aromatic heterocycles. The fourth-order valence-corrected chi connectivity index (χ4v) is 2.11. The number of esters is 1. The van der Waals surface area contributed by atoms with Crippen molar-refractivity contribution in [3.8, 4) is 0 Å². The van der Waals surface area contributed by atoms with Gasteiger partial charge in [-0.2, -0.15) is 0 Å². The number of methoxy groups -OCH3 is 1. The quantitative estimate of drug-likeness (QED) is 0.854. The van der Waals surface area contributed by atoms with Gasteiger partial charge < -0.3 is 10.1 Å². The Morgan fingerprint density at radius 1 is 1.42 bits per heavy atom. The molecule has 2 aromatic rings. The molecule has 1 aliphatic rings. The van der Waals surface area contributed by atoms with Gasteiger partial charge in [0, 0.05) is 17.1 Å². The number of anilines is 1. The fraction of sp³-hybridized carbons (Fsp3) is 0.333. The van der Waals surface area contributed by atoms with Gasteiger partial charge >= 0.3 is 5.97 Å². The highest BCUT2D eigenvalue weighted by Gasteiger charge is 2.22. The van der Waals surface area contributed by atoms with E-state index in [4.69, 9.17) is 4.74 Å². The van der Waals surface area contributed by atoms with Crippen LogP contribution in [0, 0.1) is 0 Å². The monoisotopic (exact) mass is 256 g/mol. The first-order valence-corrected chi connectivity index (χ1v) is 6.48. The van der Waals surface area contributed by atoms with E-state index in [1.165, 1.54) is 20.0 Å². The number of carbonyl (C=O) groups is 1. The largest absolute Gasteiger partial charge is 0.469 e. The van der Waals surface area contributed by atoms with E-state index in [9.17, 15) is 4.79 Å². The minimum absolute atomic E-state index is 0.209. The molecule has 1 N–H and O–H groups in total. The number of pyridine rings is 1. The van der Waals surface area contributed by atoms with Crippen molar-refractivity contribution in [2.45, 2.75) is 25.3 Å². The molecule has 98 valence electrons. The van der Waals surface area contributed by atoms with Gasteiger partial charge in [-0.15, -0.1) is 0 Å². The zero-order valence-corrected chi connectivity index (χ0v) is 10.8. The Labute approximate surface area is 111 Å². The van der Waals surface area contributed by atoms with Crippen LogP contribution in [0.1, 0.15) is 18.5 Å². The number of nitrogens with zero attached hydrogens (tertiary/aromatic N) is 1. The van der Waals surface area contributed by atoms with Gasteiger partial charge in [-0.05, 0) is 25.0 Å². The minimum atomic E-state index is -0.264. The molecule has 0 bridgehead atoms. The average molecular weight is 256 g/mol. The molecule has 1 aliphatic carbocycles. The molecule has 0 unspecified atom stereocenters. The Kier molecular flexibility index (Phi) is 3.07. The maximum Gasteiger partial charge on any atom is 0.311 e. The second-order valence-electron chi connectivity index (χ2n) is 4.85. The highest BCUT2D eigenvalue weighted by atomic mass is 16.5. The number of para-hydroxylation sites is 1. The third kappa shape index (κ3) is 2.67. The molecule has 3 rings (SSSR count). The van der Waals surface area contributed by atoms with Crippen LogP contribution in [0.3, 0.4) is 0 Å². The van der Waals surface area contributed by atoms with E-state index in [0.717, 1.165) is 22.3 Å². The smallest absolute Gasteiger partial charge is 0.311 e. The van der Waals surface area contributed by atoms with E-state index < -0.39 is 0 Å². The summed E-state index contributed by atoms with van der Waals surface area (Å²) >= 11 is 0. The molecule has 19 heavy (non-hydrogen) atoms. The van der Waals surface area contributed by atoms with Crippen molar-refractivity contribution >= 4 is 22.6 Å². The molecular weight excluding hydrogens is 240 g/mol. The predicted octanol–water partition coefficient (Wildman–Crippen LogP) is 2.52. The first-order chi connectivity index (χ1) is 9.26. The summed E-state index contributed by atoms with van der Waals surface area (Å²) in [5, 5.41) is 4.60. The summed E-state index contributed by atoms with van der Waals surface area (Å²) in [6.07, 6.45) is 2.63. The Morgan fingerprint density at radius 3 is 2.95 bits per heavy atom. The fourth-order valence-electron chi connectivity index (χ4n) is 2.11. The lowest BCUT2D eigenvalue weighted by molar-refractivity contribution is -0.139. The van der Waals surface area contributed by atoms with Crippen LogP contribution in [-0.2, 0) is 16.0 Å². The SMILES string of the molecule is COC(=O)Cc1cc(NC2CC2)c2ccccc2n1. The molecule has 4 heteroatoms. The molecule has 0 amide bonds. The summed E-state index contributed by atoms with van der Waals surface area (Å²) in [6.45, 7) is 0. The van der Waals surface area contributed by atoms with Crippen molar-refractivity contribution in [2.24, 2.45) is 0 Å². The minimum Gasteiger partial charge on any atom is -0.469 e.